The van der Waals surface area contributed by atoms with Crippen LogP contribution in [0.25, 0.3) is 0 Å². The average Bonchev–Trinajstić information content (AvgIpc) is 2.83. The van der Waals surface area contributed by atoms with Gasteiger partial charge in [-0.05, 0) is 65.0 Å². The first-order chi connectivity index (χ1) is 8.13. The van der Waals surface area contributed by atoms with E-state index in [4.69, 9.17) is 0 Å². The molecule has 1 unspecified atom stereocenters. The quantitative estimate of drug-likeness (QED) is 0.842. The van der Waals surface area contributed by atoms with Gasteiger partial charge in [-0.15, -0.1) is 22.7 Å². The molecule has 0 aliphatic carbocycles. The number of rotatable bonds is 4. The van der Waals surface area contributed by atoms with Crippen molar-refractivity contribution in [3.63, 3.8) is 0 Å². The summed E-state index contributed by atoms with van der Waals surface area (Å²) in [5, 5.41) is 5.75. The van der Waals surface area contributed by atoms with Crippen LogP contribution in [-0.4, -0.2) is 6.54 Å². The van der Waals surface area contributed by atoms with Crippen molar-refractivity contribution >= 4 is 38.6 Å². The van der Waals surface area contributed by atoms with Crippen molar-refractivity contribution in [2.75, 3.05) is 6.54 Å². The fourth-order valence-electron chi connectivity index (χ4n) is 1.89. The van der Waals surface area contributed by atoms with Crippen LogP contribution in [0, 0.1) is 13.8 Å². The molecule has 0 bridgehead atoms. The van der Waals surface area contributed by atoms with Crippen LogP contribution in [0.2, 0.25) is 0 Å². The minimum Gasteiger partial charge on any atom is -0.306 e. The molecule has 17 heavy (non-hydrogen) atoms. The molecule has 1 atom stereocenters. The summed E-state index contributed by atoms with van der Waals surface area (Å²) < 4.78 is 1.24. The van der Waals surface area contributed by atoms with Crippen molar-refractivity contribution in [3.05, 3.63) is 42.2 Å². The molecular weight excluding hydrogens is 314 g/mol. The normalized spacial score (nSPS) is 12.9. The highest BCUT2D eigenvalue weighted by molar-refractivity contribution is 9.11. The number of aryl methyl sites for hydroxylation is 2. The highest BCUT2D eigenvalue weighted by Crippen LogP contribution is 2.36. The molecule has 2 aromatic heterocycles. The van der Waals surface area contributed by atoms with Gasteiger partial charge >= 0.3 is 0 Å². The molecule has 2 rings (SSSR count). The van der Waals surface area contributed by atoms with Crippen molar-refractivity contribution in [2.24, 2.45) is 0 Å². The molecule has 0 aliphatic heterocycles. The Morgan fingerprint density at radius 1 is 1.41 bits per heavy atom. The Kier molecular flexibility index (Phi) is 4.42. The van der Waals surface area contributed by atoms with Gasteiger partial charge in [-0.25, -0.2) is 0 Å². The highest BCUT2D eigenvalue weighted by atomic mass is 79.9. The number of halogens is 1. The number of hydrogen-bond donors (Lipinski definition) is 1. The summed E-state index contributed by atoms with van der Waals surface area (Å²) in [6.45, 7) is 7.48. The molecule has 0 spiro atoms. The summed E-state index contributed by atoms with van der Waals surface area (Å²) in [6.07, 6.45) is 0. The number of nitrogens with one attached hydrogen (secondary N) is 1. The molecule has 0 aromatic carbocycles. The van der Waals surface area contributed by atoms with Gasteiger partial charge in [0.05, 0.1) is 9.83 Å². The van der Waals surface area contributed by atoms with Crippen molar-refractivity contribution in [1.82, 2.24) is 5.32 Å². The predicted molar refractivity (Wildman–Crippen MR) is 81.3 cm³/mol. The van der Waals surface area contributed by atoms with Crippen LogP contribution in [0.4, 0.5) is 0 Å². The summed E-state index contributed by atoms with van der Waals surface area (Å²) in [5.74, 6) is 0. The molecule has 92 valence electrons. The Hall–Kier alpha value is -0.160. The standard InChI is InChI=1S/C13H16BrNS2/c1-4-15-12(10-5-6-16-9(10)3)11-7-8(2)13(14)17-11/h5-7,12,15H,4H2,1-3H3. The van der Waals surface area contributed by atoms with Crippen LogP contribution in [-0.2, 0) is 0 Å². The van der Waals surface area contributed by atoms with Crippen molar-refractivity contribution in [1.29, 1.82) is 0 Å². The number of thiophene rings is 2. The van der Waals surface area contributed by atoms with Gasteiger partial charge in [0, 0.05) is 9.75 Å². The third-order valence-electron chi connectivity index (χ3n) is 2.78. The Morgan fingerprint density at radius 2 is 2.18 bits per heavy atom. The van der Waals surface area contributed by atoms with Crippen LogP contribution in [0.15, 0.2) is 21.3 Å². The molecule has 0 amide bonds. The van der Waals surface area contributed by atoms with Gasteiger partial charge in [0.15, 0.2) is 0 Å². The van der Waals surface area contributed by atoms with E-state index < -0.39 is 0 Å². The number of hydrogen-bond acceptors (Lipinski definition) is 3. The summed E-state index contributed by atoms with van der Waals surface area (Å²) in [4.78, 5) is 2.79. The third-order valence-corrected chi connectivity index (χ3v) is 5.84. The monoisotopic (exact) mass is 329 g/mol. The van der Waals surface area contributed by atoms with Crippen LogP contribution in [0.1, 0.15) is 33.8 Å². The van der Waals surface area contributed by atoms with Gasteiger partial charge in [0.1, 0.15) is 0 Å². The molecule has 0 radical (unpaired) electrons. The largest absolute Gasteiger partial charge is 0.306 e. The first-order valence-electron chi connectivity index (χ1n) is 5.66. The summed E-state index contributed by atoms with van der Waals surface area (Å²) >= 11 is 7.26. The lowest BCUT2D eigenvalue weighted by atomic mass is 10.1. The molecule has 1 N–H and O–H groups in total. The molecular formula is C13H16BrNS2. The molecule has 2 heterocycles. The van der Waals surface area contributed by atoms with Crippen LogP contribution >= 0.6 is 38.6 Å². The fourth-order valence-corrected chi connectivity index (χ4v) is 4.29. The molecule has 0 saturated carbocycles. The highest BCUT2D eigenvalue weighted by Gasteiger charge is 2.18. The lowest BCUT2D eigenvalue weighted by molar-refractivity contribution is 0.639. The van der Waals surface area contributed by atoms with Gasteiger partial charge in [-0.3, -0.25) is 0 Å². The zero-order valence-corrected chi connectivity index (χ0v) is 13.4. The Labute approximate surface area is 119 Å². The van der Waals surface area contributed by atoms with Gasteiger partial charge in [-0.2, -0.15) is 0 Å². The summed E-state index contributed by atoms with van der Waals surface area (Å²) in [5.41, 5.74) is 2.73. The minimum atomic E-state index is 0.334. The third kappa shape index (κ3) is 2.81. The first kappa shape index (κ1) is 13.3. The van der Waals surface area contributed by atoms with Crippen LogP contribution < -0.4 is 5.32 Å². The van der Waals surface area contributed by atoms with Crippen molar-refractivity contribution < 1.29 is 0 Å². The van der Waals surface area contributed by atoms with E-state index in [-0.39, 0.29) is 0 Å². The molecule has 0 aliphatic rings. The average molecular weight is 330 g/mol. The van der Waals surface area contributed by atoms with Gasteiger partial charge in [0.2, 0.25) is 0 Å². The maximum atomic E-state index is 3.61. The summed E-state index contributed by atoms with van der Waals surface area (Å²) in [7, 11) is 0. The second-order valence-electron chi connectivity index (χ2n) is 4.03. The second kappa shape index (κ2) is 5.65. The van der Waals surface area contributed by atoms with E-state index in [2.05, 4.69) is 59.5 Å². The molecule has 0 saturated heterocycles. The molecule has 4 heteroatoms. The Balaban J connectivity index is 2.39. The molecule has 1 nitrogen and oxygen atoms in total. The van der Waals surface area contributed by atoms with Gasteiger partial charge in [-0.1, -0.05) is 6.92 Å². The summed E-state index contributed by atoms with van der Waals surface area (Å²) in [6, 6.07) is 4.84. The molecule has 2 aromatic rings. The van der Waals surface area contributed by atoms with E-state index in [1.165, 1.54) is 24.7 Å². The maximum Gasteiger partial charge on any atom is 0.0731 e. The van der Waals surface area contributed by atoms with Gasteiger partial charge < -0.3 is 5.32 Å². The smallest absolute Gasteiger partial charge is 0.0731 e. The van der Waals surface area contributed by atoms with Crippen molar-refractivity contribution in [3.8, 4) is 0 Å². The topological polar surface area (TPSA) is 12.0 Å². The van der Waals surface area contributed by atoms with E-state index in [9.17, 15) is 0 Å². The van der Waals surface area contributed by atoms with E-state index in [0.29, 0.717) is 6.04 Å². The minimum absolute atomic E-state index is 0.334. The fraction of sp³-hybridized carbons (Fsp3) is 0.385. The van der Waals surface area contributed by atoms with E-state index in [1.54, 1.807) is 0 Å². The SMILES string of the molecule is CCNC(c1cc(C)c(Br)s1)c1ccsc1C. The van der Waals surface area contributed by atoms with Crippen LogP contribution in [0.3, 0.4) is 0 Å². The zero-order chi connectivity index (χ0) is 12.4. The van der Waals surface area contributed by atoms with Crippen molar-refractivity contribution in [2.45, 2.75) is 26.8 Å². The second-order valence-corrected chi connectivity index (χ2v) is 7.55. The van der Waals surface area contributed by atoms with E-state index in [0.717, 1.165) is 6.54 Å². The lowest BCUT2D eigenvalue weighted by Crippen LogP contribution is -2.21. The lowest BCUT2D eigenvalue weighted by Gasteiger charge is -2.16. The zero-order valence-electron chi connectivity index (χ0n) is 10.2. The van der Waals surface area contributed by atoms with Crippen LogP contribution in [0.5, 0.6) is 0 Å². The van der Waals surface area contributed by atoms with Gasteiger partial charge in [0.25, 0.3) is 0 Å². The Morgan fingerprint density at radius 3 is 2.65 bits per heavy atom. The predicted octanol–water partition coefficient (Wildman–Crippen LogP) is 4.89. The van der Waals surface area contributed by atoms with E-state index >= 15 is 0 Å². The Bertz CT molecular complexity index is 482. The maximum absolute atomic E-state index is 3.61. The van der Waals surface area contributed by atoms with E-state index in [1.807, 2.05) is 22.7 Å². The molecule has 0 fully saturated rings. The first-order valence-corrected chi connectivity index (χ1v) is 8.15.